The van der Waals surface area contributed by atoms with Crippen molar-refractivity contribution in [2.75, 3.05) is 24.0 Å². The van der Waals surface area contributed by atoms with Crippen LogP contribution in [0, 0.1) is 5.21 Å². The van der Waals surface area contributed by atoms with Crippen LogP contribution in [0.25, 0.3) is 0 Å². The van der Waals surface area contributed by atoms with Gasteiger partial charge in [-0.15, -0.1) is 5.10 Å². The molecule has 0 aliphatic carbocycles. The number of ether oxygens (including phenoxy) is 1. The van der Waals surface area contributed by atoms with E-state index in [2.05, 4.69) is 10.4 Å². The number of amides is 1. The third-order valence-corrected chi connectivity index (χ3v) is 4.78. The second-order valence-electron chi connectivity index (χ2n) is 6.58. The van der Waals surface area contributed by atoms with Crippen LogP contribution in [0.3, 0.4) is 0 Å². The largest absolute Gasteiger partial charge is 0.595 e. The number of quaternary nitrogens is 1. The zero-order chi connectivity index (χ0) is 21.4. The zero-order valence-electron chi connectivity index (χ0n) is 16.3. The van der Waals surface area contributed by atoms with Crippen LogP contribution in [0.4, 0.5) is 17.1 Å². The number of hydrazine groups is 1. The molecule has 2 heterocycles. The van der Waals surface area contributed by atoms with E-state index in [1.165, 1.54) is 27.2 Å². The predicted octanol–water partition coefficient (Wildman–Crippen LogP) is 0.485. The number of amidine groups is 1. The van der Waals surface area contributed by atoms with E-state index in [-0.39, 0.29) is 24.0 Å². The molecule has 0 fully saturated rings. The van der Waals surface area contributed by atoms with Crippen LogP contribution in [0.15, 0.2) is 53.6 Å². The summed E-state index contributed by atoms with van der Waals surface area (Å²) >= 11 is 0. The molecule has 2 aliphatic heterocycles. The smallest absolute Gasteiger partial charge is 0.377 e. The second-order valence-corrected chi connectivity index (χ2v) is 6.58. The summed E-state index contributed by atoms with van der Waals surface area (Å²) in [6.07, 6.45) is -0.752. The predicted molar refractivity (Wildman–Crippen MR) is 107 cm³/mol. The number of esters is 1. The first-order valence-electron chi connectivity index (χ1n) is 9.23. The summed E-state index contributed by atoms with van der Waals surface area (Å²) < 4.78 is 5.13. The van der Waals surface area contributed by atoms with Crippen molar-refractivity contribution in [1.29, 1.82) is 0 Å². The average Bonchev–Trinajstić information content (AvgIpc) is 3.07. The molecule has 2 atom stereocenters. The van der Waals surface area contributed by atoms with E-state index in [0.29, 0.717) is 16.9 Å². The molecule has 1 unspecified atom stereocenters. The first-order valence-corrected chi connectivity index (χ1v) is 9.23. The number of nitrogens with zero attached hydrogens (tertiary/aromatic N) is 4. The van der Waals surface area contributed by atoms with Gasteiger partial charge in [-0.25, -0.2) is 25.0 Å². The maximum absolute atomic E-state index is 13.0. The van der Waals surface area contributed by atoms with Crippen LogP contribution in [0.5, 0.6) is 0 Å². The van der Waals surface area contributed by atoms with Gasteiger partial charge in [-0.05, 0) is 31.2 Å². The van der Waals surface area contributed by atoms with Crippen molar-refractivity contribution in [3.8, 4) is 0 Å². The second kappa shape index (κ2) is 7.63. The van der Waals surface area contributed by atoms with Gasteiger partial charge in [0.25, 0.3) is 11.7 Å². The Kier molecular flexibility index (Phi) is 4.99. The molecular formula is C19H20N6O5. The van der Waals surface area contributed by atoms with E-state index in [1.807, 2.05) is 0 Å². The van der Waals surface area contributed by atoms with Crippen molar-refractivity contribution < 1.29 is 24.8 Å². The molecule has 0 saturated carbocycles. The highest BCUT2D eigenvalue weighted by Crippen LogP contribution is 2.32. The molecule has 2 aliphatic rings. The van der Waals surface area contributed by atoms with Crippen LogP contribution < -0.4 is 15.6 Å². The minimum atomic E-state index is -1.05. The molecule has 0 saturated heterocycles. The molecule has 11 nitrogen and oxygen atoms in total. The van der Waals surface area contributed by atoms with Gasteiger partial charge in [-0.1, -0.05) is 12.1 Å². The molecule has 0 spiro atoms. The van der Waals surface area contributed by atoms with E-state index in [0.717, 1.165) is 0 Å². The molecular weight excluding hydrogens is 392 g/mol. The van der Waals surface area contributed by atoms with Crippen molar-refractivity contribution in [3.05, 3.63) is 59.3 Å². The normalized spacial score (nSPS) is 18.8. The van der Waals surface area contributed by atoms with Gasteiger partial charge >= 0.3 is 5.97 Å². The standard InChI is InChI=1S/C19H20N6O5/c1-3-30-18(27)16-21-23(12-8-10-13(11-9-12)25(28)29)19-20-15-7-5-4-6-14(15)17(26)22(2)24(16)19/h4-11,19-20,25,28H,3H2,1-2H3/t19-/m0/s1. The molecule has 3 N–H and O–H groups in total. The Morgan fingerprint density at radius 2 is 1.97 bits per heavy atom. The van der Waals surface area contributed by atoms with Crippen LogP contribution in [-0.4, -0.2) is 52.9 Å². The summed E-state index contributed by atoms with van der Waals surface area (Å²) in [5, 5.41) is 31.1. The topological polar surface area (TPSA) is 125 Å². The van der Waals surface area contributed by atoms with Crippen molar-refractivity contribution in [3.63, 3.8) is 0 Å². The van der Waals surface area contributed by atoms with E-state index in [9.17, 15) is 14.8 Å². The molecule has 30 heavy (non-hydrogen) atoms. The Bertz CT molecular complexity index is 1010. The molecule has 2 aromatic rings. The number of anilines is 2. The third kappa shape index (κ3) is 3.20. The molecule has 1 amide bonds. The van der Waals surface area contributed by atoms with Crippen LogP contribution in [0.2, 0.25) is 0 Å². The molecule has 11 heteroatoms. The number of carbonyl (C=O) groups is 2. The number of hydrazone groups is 1. The highest BCUT2D eigenvalue weighted by molar-refractivity contribution is 6.36. The average molecular weight is 412 g/mol. The maximum Gasteiger partial charge on any atom is 0.377 e. The summed E-state index contributed by atoms with van der Waals surface area (Å²) in [6, 6.07) is 13.1. The third-order valence-electron chi connectivity index (χ3n) is 4.78. The molecule has 0 aromatic heterocycles. The number of nitrogens with one attached hydrogen (secondary N) is 2. The number of benzene rings is 2. The first kappa shape index (κ1) is 19.6. The summed E-state index contributed by atoms with van der Waals surface area (Å²) in [5.41, 5.74) is 1.67. The van der Waals surface area contributed by atoms with Crippen molar-refractivity contribution in [2.45, 2.75) is 13.2 Å². The van der Waals surface area contributed by atoms with Gasteiger partial charge in [0.2, 0.25) is 6.29 Å². The van der Waals surface area contributed by atoms with Gasteiger partial charge in [0.05, 0.1) is 23.5 Å². The lowest BCUT2D eigenvalue weighted by atomic mass is 10.1. The number of carbonyl (C=O) groups excluding carboxylic acids is 2. The Morgan fingerprint density at radius 1 is 1.27 bits per heavy atom. The maximum atomic E-state index is 13.0. The molecule has 4 rings (SSSR count). The highest BCUT2D eigenvalue weighted by Gasteiger charge is 2.45. The fraction of sp³-hybridized carbons (Fsp3) is 0.211. The van der Waals surface area contributed by atoms with E-state index >= 15 is 0 Å². The molecule has 0 radical (unpaired) electrons. The summed E-state index contributed by atoms with van der Waals surface area (Å²) in [6.45, 7) is 1.83. The highest BCUT2D eigenvalue weighted by atomic mass is 16.8. The monoisotopic (exact) mass is 412 g/mol. The molecule has 156 valence electrons. The van der Waals surface area contributed by atoms with Crippen LogP contribution in [0.1, 0.15) is 17.3 Å². The minimum absolute atomic E-state index is 0.0692. The van der Waals surface area contributed by atoms with Gasteiger partial charge in [-0.2, -0.15) is 5.23 Å². The first-order chi connectivity index (χ1) is 14.4. The molecule has 0 bridgehead atoms. The van der Waals surface area contributed by atoms with Crippen LogP contribution >= 0.6 is 0 Å². The Labute approximate surface area is 171 Å². The van der Waals surface area contributed by atoms with Crippen LogP contribution in [-0.2, 0) is 9.53 Å². The number of rotatable bonds is 4. The van der Waals surface area contributed by atoms with Crippen molar-refractivity contribution in [2.24, 2.45) is 5.10 Å². The Hall–Kier alpha value is -3.67. The lowest BCUT2D eigenvalue weighted by molar-refractivity contribution is -0.991. The number of hydrogen-bond donors (Lipinski definition) is 3. The fourth-order valence-corrected chi connectivity index (χ4v) is 3.34. The number of para-hydroxylation sites is 1. The number of fused-ring (bicyclic) bond motifs is 2. The van der Waals surface area contributed by atoms with Crippen molar-refractivity contribution >= 4 is 34.8 Å². The van der Waals surface area contributed by atoms with Crippen molar-refractivity contribution in [1.82, 2.24) is 10.0 Å². The number of hydrogen-bond acceptors (Lipinski definition) is 9. The van der Waals surface area contributed by atoms with Gasteiger partial charge in [-0.3, -0.25) is 4.79 Å². The fourth-order valence-electron chi connectivity index (χ4n) is 3.34. The summed E-state index contributed by atoms with van der Waals surface area (Å²) in [7, 11) is 1.55. The van der Waals surface area contributed by atoms with E-state index in [4.69, 9.17) is 9.94 Å². The van der Waals surface area contributed by atoms with Gasteiger partial charge < -0.3 is 15.3 Å². The molecule has 2 aromatic carbocycles. The van der Waals surface area contributed by atoms with Gasteiger partial charge in [0.1, 0.15) is 0 Å². The quantitative estimate of drug-likeness (QED) is 0.489. The van der Waals surface area contributed by atoms with Gasteiger partial charge in [0, 0.05) is 19.2 Å². The minimum Gasteiger partial charge on any atom is -0.595 e. The Balaban J connectivity index is 1.80. The SMILES string of the molecule is CCOC(=O)C1=NN(c2ccc([NH+]([O-])O)cc2)[C@@H]2Nc3ccccc3C(=O)N(C)N12. The summed E-state index contributed by atoms with van der Waals surface area (Å²) in [5.74, 6) is -1.07. The lowest BCUT2D eigenvalue weighted by Crippen LogP contribution is -2.99. The van der Waals surface area contributed by atoms with E-state index in [1.54, 1.807) is 50.4 Å². The lowest BCUT2D eigenvalue weighted by Gasteiger charge is -2.34. The summed E-state index contributed by atoms with van der Waals surface area (Å²) in [4.78, 5) is 25.6. The zero-order valence-corrected chi connectivity index (χ0v) is 16.3. The van der Waals surface area contributed by atoms with E-state index < -0.39 is 17.5 Å². The Morgan fingerprint density at radius 3 is 2.63 bits per heavy atom. The van der Waals surface area contributed by atoms with Gasteiger partial charge in [0.15, 0.2) is 5.69 Å².